The van der Waals surface area contributed by atoms with Crippen LogP contribution in [0.3, 0.4) is 0 Å². The van der Waals surface area contributed by atoms with Crippen LogP contribution in [0.15, 0.2) is 59.5 Å². The van der Waals surface area contributed by atoms with Gasteiger partial charge in [0.15, 0.2) is 0 Å². The molecule has 1 heterocycles. The summed E-state index contributed by atoms with van der Waals surface area (Å²) in [6.07, 6.45) is 6.18. The summed E-state index contributed by atoms with van der Waals surface area (Å²) in [4.78, 5) is 26.2. The van der Waals surface area contributed by atoms with E-state index in [1.54, 1.807) is 11.8 Å². The average molecular weight is 469 g/mol. The summed E-state index contributed by atoms with van der Waals surface area (Å²) >= 11 is 7.87. The lowest BCUT2D eigenvalue weighted by molar-refractivity contribution is -0.127. The van der Waals surface area contributed by atoms with Crippen molar-refractivity contribution >= 4 is 41.3 Å². The standard InChI is InChI=1S/C26H29ClN2O2S/c1-17(11-12-18-7-3-2-4-8-18)28-25(30)20-13-14-23-22(15-20)29-26(31)24(32-23)16-19-9-5-6-10-21(19)27/h2-10,16-17,20,22-23H,11-15H2,1H3,(H,28,30)(H,29,31)/b24-16+. The van der Waals surface area contributed by atoms with Crippen molar-refractivity contribution in [1.82, 2.24) is 10.6 Å². The highest BCUT2D eigenvalue weighted by Gasteiger charge is 2.39. The van der Waals surface area contributed by atoms with Gasteiger partial charge in [0, 0.05) is 28.3 Å². The number of nitrogens with one attached hydrogen (secondary N) is 2. The van der Waals surface area contributed by atoms with E-state index in [2.05, 4.69) is 29.7 Å². The molecule has 2 amide bonds. The number of fused-ring (bicyclic) bond motifs is 1. The van der Waals surface area contributed by atoms with Gasteiger partial charge in [-0.25, -0.2) is 0 Å². The number of thioether (sulfide) groups is 1. The second-order valence-corrected chi connectivity index (χ2v) is 10.4. The molecule has 6 heteroatoms. The zero-order chi connectivity index (χ0) is 22.5. The van der Waals surface area contributed by atoms with Crippen LogP contribution in [-0.2, 0) is 16.0 Å². The Kier molecular flexibility index (Phi) is 7.59. The first kappa shape index (κ1) is 22.9. The summed E-state index contributed by atoms with van der Waals surface area (Å²) in [6, 6.07) is 18.0. The van der Waals surface area contributed by atoms with Gasteiger partial charge in [0.2, 0.25) is 5.91 Å². The number of amides is 2. The van der Waals surface area contributed by atoms with Crippen LogP contribution in [0, 0.1) is 5.92 Å². The molecule has 0 bridgehead atoms. The molecule has 32 heavy (non-hydrogen) atoms. The van der Waals surface area contributed by atoms with Crippen LogP contribution in [0.2, 0.25) is 5.02 Å². The van der Waals surface area contributed by atoms with Crippen molar-refractivity contribution in [1.29, 1.82) is 0 Å². The minimum absolute atomic E-state index is 0.0278. The third-order valence-corrected chi connectivity index (χ3v) is 8.03. The molecule has 0 radical (unpaired) electrons. The van der Waals surface area contributed by atoms with Gasteiger partial charge in [-0.05, 0) is 62.3 Å². The van der Waals surface area contributed by atoms with Crippen molar-refractivity contribution < 1.29 is 9.59 Å². The van der Waals surface area contributed by atoms with Gasteiger partial charge in [-0.2, -0.15) is 0 Å². The predicted octanol–water partition coefficient (Wildman–Crippen LogP) is 5.22. The zero-order valence-corrected chi connectivity index (χ0v) is 19.8. The van der Waals surface area contributed by atoms with Gasteiger partial charge >= 0.3 is 0 Å². The summed E-state index contributed by atoms with van der Waals surface area (Å²) in [6.45, 7) is 2.07. The maximum absolute atomic E-state index is 12.9. The zero-order valence-electron chi connectivity index (χ0n) is 18.2. The van der Waals surface area contributed by atoms with Gasteiger partial charge < -0.3 is 10.6 Å². The predicted molar refractivity (Wildman–Crippen MR) is 132 cm³/mol. The van der Waals surface area contributed by atoms with Crippen LogP contribution in [-0.4, -0.2) is 29.1 Å². The topological polar surface area (TPSA) is 58.2 Å². The van der Waals surface area contributed by atoms with Crippen molar-refractivity contribution in [3.63, 3.8) is 0 Å². The van der Waals surface area contributed by atoms with E-state index in [-0.39, 0.29) is 29.8 Å². The van der Waals surface area contributed by atoms with Crippen LogP contribution in [0.5, 0.6) is 0 Å². The van der Waals surface area contributed by atoms with Crippen LogP contribution >= 0.6 is 23.4 Å². The molecule has 4 rings (SSSR count). The second-order valence-electron chi connectivity index (χ2n) is 8.71. The Bertz CT molecular complexity index is 994. The van der Waals surface area contributed by atoms with E-state index in [1.165, 1.54) is 5.56 Å². The van der Waals surface area contributed by atoms with E-state index in [0.717, 1.165) is 31.2 Å². The molecule has 2 fully saturated rings. The third kappa shape index (κ3) is 5.76. The van der Waals surface area contributed by atoms with Crippen LogP contribution in [0.25, 0.3) is 6.08 Å². The van der Waals surface area contributed by atoms with Crippen molar-refractivity contribution in [2.45, 2.75) is 56.4 Å². The number of carbonyl (C=O) groups excluding carboxylic acids is 2. The maximum Gasteiger partial charge on any atom is 0.257 e. The lowest BCUT2D eigenvalue weighted by Crippen LogP contribution is -2.52. The Labute approximate surface area is 199 Å². The number of hydrogen-bond acceptors (Lipinski definition) is 3. The van der Waals surface area contributed by atoms with Crippen molar-refractivity contribution in [3.8, 4) is 0 Å². The molecule has 1 saturated carbocycles. The summed E-state index contributed by atoms with van der Waals surface area (Å²) in [7, 11) is 0. The number of hydrogen-bond donors (Lipinski definition) is 2. The molecule has 0 aromatic heterocycles. The Morgan fingerprint density at radius 3 is 2.72 bits per heavy atom. The molecule has 168 valence electrons. The van der Waals surface area contributed by atoms with Crippen molar-refractivity contribution in [3.05, 3.63) is 75.7 Å². The summed E-state index contributed by atoms with van der Waals surface area (Å²) in [5.74, 6) is -0.0143. The van der Waals surface area contributed by atoms with E-state index in [1.807, 2.05) is 48.5 Å². The molecule has 4 atom stereocenters. The molecule has 1 aliphatic heterocycles. The molecule has 1 saturated heterocycles. The highest BCUT2D eigenvalue weighted by Crippen LogP contribution is 2.40. The number of carbonyl (C=O) groups is 2. The van der Waals surface area contributed by atoms with E-state index in [4.69, 9.17) is 11.6 Å². The van der Waals surface area contributed by atoms with Crippen LogP contribution in [0.1, 0.15) is 43.7 Å². The number of aryl methyl sites for hydroxylation is 1. The minimum Gasteiger partial charge on any atom is -0.353 e. The quantitative estimate of drug-likeness (QED) is 0.571. The van der Waals surface area contributed by atoms with Crippen LogP contribution in [0.4, 0.5) is 0 Å². The van der Waals surface area contributed by atoms with Gasteiger partial charge in [0.25, 0.3) is 5.91 Å². The summed E-state index contributed by atoms with van der Waals surface area (Å²) in [5.41, 5.74) is 2.14. The smallest absolute Gasteiger partial charge is 0.257 e. The maximum atomic E-state index is 12.9. The Morgan fingerprint density at radius 2 is 1.94 bits per heavy atom. The van der Waals surface area contributed by atoms with Crippen molar-refractivity contribution in [2.24, 2.45) is 5.92 Å². The normalized spacial score (nSPS) is 25.0. The monoisotopic (exact) mass is 468 g/mol. The third-order valence-electron chi connectivity index (χ3n) is 6.27. The number of benzene rings is 2. The van der Waals surface area contributed by atoms with E-state index in [0.29, 0.717) is 21.6 Å². The highest BCUT2D eigenvalue weighted by molar-refractivity contribution is 8.04. The molecule has 0 spiro atoms. The van der Waals surface area contributed by atoms with Gasteiger partial charge in [-0.1, -0.05) is 60.1 Å². The Morgan fingerprint density at radius 1 is 1.19 bits per heavy atom. The van der Waals surface area contributed by atoms with E-state index in [9.17, 15) is 9.59 Å². The fraction of sp³-hybridized carbons (Fsp3) is 0.385. The molecule has 2 aromatic rings. The fourth-order valence-corrected chi connectivity index (χ4v) is 5.90. The first-order valence-electron chi connectivity index (χ1n) is 11.3. The molecule has 4 nitrogen and oxygen atoms in total. The number of halogens is 1. The van der Waals surface area contributed by atoms with Crippen LogP contribution < -0.4 is 10.6 Å². The van der Waals surface area contributed by atoms with Gasteiger partial charge in [-0.3, -0.25) is 9.59 Å². The summed E-state index contributed by atoms with van der Waals surface area (Å²) in [5, 5.41) is 7.26. The van der Waals surface area contributed by atoms with Crippen molar-refractivity contribution in [2.75, 3.05) is 0 Å². The molecular formula is C26H29ClN2O2S. The summed E-state index contributed by atoms with van der Waals surface area (Å²) < 4.78 is 0. The fourth-order valence-electron chi connectivity index (χ4n) is 4.42. The van der Waals surface area contributed by atoms with Gasteiger partial charge in [-0.15, -0.1) is 11.8 Å². The molecule has 2 aliphatic rings. The first-order chi connectivity index (χ1) is 15.5. The molecular weight excluding hydrogens is 440 g/mol. The SMILES string of the molecule is CC(CCc1ccccc1)NC(=O)C1CCC2S/C(=C/c3ccccc3Cl)C(=O)NC2C1. The van der Waals surface area contributed by atoms with Gasteiger partial charge in [0.1, 0.15) is 0 Å². The average Bonchev–Trinajstić information content (AvgIpc) is 2.80. The van der Waals surface area contributed by atoms with E-state index >= 15 is 0 Å². The van der Waals surface area contributed by atoms with E-state index < -0.39 is 0 Å². The molecule has 2 aromatic carbocycles. The first-order valence-corrected chi connectivity index (χ1v) is 12.5. The Balaban J connectivity index is 1.30. The Hall–Kier alpha value is -2.24. The minimum atomic E-state index is -0.0755. The van der Waals surface area contributed by atoms with Gasteiger partial charge in [0.05, 0.1) is 4.91 Å². The number of rotatable bonds is 6. The lowest BCUT2D eigenvalue weighted by Gasteiger charge is -2.39. The molecule has 2 N–H and O–H groups in total. The lowest BCUT2D eigenvalue weighted by atomic mass is 9.84. The largest absolute Gasteiger partial charge is 0.353 e. The highest BCUT2D eigenvalue weighted by atomic mass is 35.5. The molecule has 1 aliphatic carbocycles. The second kappa shape index (κ2) is 10.6. The molecule has 4 unspecified atom stereocenters.